The lowest BCUT2D eigenvalue weighted by atomic mass is 9.88. The van der Waals surface area contributed by atoms with E-state index in [0.717, 1.165) is 16.6 Å². The highest BCUT2D eigenvalue weighted by Crippen LogP contribution is 2.26. The Labute approximate surface area is 136 Å². The highest BCUT2D eigenvalue weighted by atomic mass is 79.9. The highest BCUT2D eigenvalue weighted by Gasteiger charge is 2.22. The lowest BCUT2D eigenvalue weighted by Crippen LogP contribution is -2.32. The predicted octanol–water partition coefficient (Wildman–Crippen LogP) is 4.13. The van der Waals surface area contributed by atoms with Crippen molar-refractivity contribution in [2.45, 2.75) is 51.7 Å². The largest absolute Gasteiger partial charge is 0.389 e. The summed E-state index contributed by atoms with van der Waals surface area (Å²) in [5.41, 5.74) is 2.21. The average molecular weight is 356 g/mol. The summed E-state index contributed by atoms with van der Waals surface area (Å²) in [6.07, 6.45) is 4.78. The van der Waals surface area contributed by atoms with Gasteiger partial charge in [0.1, 0.15) is 0 Å². The fourth-order valence-corrected chi connectivity index (χ4v) is 3.21. The van der Waals surface area contributed by atoms with E-state index in [0.29, 0.717) is 25.2 Å². The minimum absolute atomic E-state index is 0.319. The summed E-state index contributed by atoms with van der Waals surface area (Å²) in [5, 5.41) is 13.4. The van der Waals surface area contributed by atoms with E-state index in [1.54, 1.807) is 0 Å². The molecule has 4 heteroatoms. The normalized spacial score (nSPS) is 23.8. The molecule has 1 saturated carbocycles. The second-order valence-corrected chi connectivity index (χ2v) is 7.01. The number of halogens is 1. The number of hydrogen-bond donors (Lipinski definition) is 2. The van der Waals surface area contributed by atoms with Crippen molar-refractivity contribution in [1.82, 2.24) is 0 Å². The summed E-state index contributed by atoms with van der Waals surface area (Å²) >= 11 is 3.51. The van der Waals surface area contributed by atoms with Gasteiger partial charge in [-0.1, -0.05) is 25.8 Å². The zero-order chi connectivity index (χ0) is 15.2. The molecule has 2 rings (SSSR count). The van der Waals surface area contributed by atoms with Crippen LogP contribution in [0.4, 0.5) is 5.69 Å². The Morgan fingerprint density at radius 3 is 2.90 bits per heavy atom. The van der Waals surface area contributed by atoms with Crippen LogP contribution in [0.15, 0.2) is 22.7 Å². The van der Waals surface area contributed by atoms with Crippen LogP contribution in [-0.2, 0) is 4.74 Å². The van der Waals surface area contributed by atoms with Gasteiger partial charge in [-0.05, 0) is 59.3 Å². The molecule has 0 amide bonds. The Bertz CT molecular complexity index is 452. The Kier molecular flexibility index (Phi) is 6.52. The molecule has 1 aromatic rings. The Hall–Kier alpha value is -0.580. The molecule has 1 fully saturated rings. The van der Waals surface area contributed by atoms with Crippen molar-refractivity contribution in [3.05, 3.63) is 28.2 Å². The number of benzene rings is 1. The zero-order valence-electron chi connectivity index (χ0n) is 12.9. The monoisotopic (exact) mass is 355 g/mol. The molecule has 2 N–H and O–H groups in total. The third kappa shape index (κ3) is 5.28. The van der Waals surface area contributed by atoms with Crippen molar-refractivity contribution in [2.24, 2.45) is 5.92 Å². The maximum atomic E-state index is 10.1. The van der Waals surface area contributed by atoms with Gasteiger partial charge in [0.15, 0.2) is 0 Å². The molecular formula is C17H26BrNO2. The molecule has 0 saturated heterocycles. The molecule has 3 nitrogen and oxygen atoms in total. The van der Waals surface area contributed by atoms with Crippen LogP contribution in [0.2, 0.25) is 0 Å². The van der Waals surface area contributed by atoms with E-state index in [4.69, 9.17) is 4.74 Å². The molecule has 0 radical (unpaired) electrons. The average Bonchev–Trinajstić information content (AvgIpc) is 2.47. The van der Waals surface area contributed by atoms with Gasteiger partial charge in [-0.3, -0.25) is 0 Å². The first-order valence-corrected chi connectivity index (χ1v) is 8.65. The maximum Gasteiger partial charge on any atom is 0.0945 e. The summed E-state index contributed by atoms with van der Waals surface area (Å²) in [6, 6.07) is 6.14. The lowest BCUT2D eigenvalue weighted by Gasteiger charge is -2.29. The molecule has 0 aliphatic heterocycles. The number of hydrogen-bond acceptors (Lipinski definition) is 3. The number of nitrogens with one attached hydrogen (secondary N) is 1. The molecule has 118 valence electrons. The number of aryl methyl sites for hydroxylation is 1. The van der Waals surface area contributed by atoms with Crippen molar-refractivity contribution < 1.29 is 9.84 Å². The number of rotatable bonds is 6. The predicted molar refractivity (Wildman–Crippen MR) is 90.7 cm³/mol. The molecule has 1 aromatic carbocycles. The number of aliphatic hydroxyl groups is 1. The molecule has 1 aliphatic carbocycles. The fraction of sp³-hybridized carbons (Fsp3) is 0.647. The van der Waals surface area contributed by atoms with Crippen LogP contribution in [-0.4, -0.2) is 30.5 Å². The molecular weight excluding hydrogens is 330 g/mol. The van der Waals surface area contributed by atoms with Gasteiger partial charge in [0.25, 0.3) is 0 Å². The van der Waals surface area contributed by atoms with E-state index in [1.165, 1.54) is 24.8 Å². The number of ether oxygens (including phenoxy) is 1. The van der Waals surface area contributed by atoms with E-state index in [9.17, 15) is 5.11 Å². The number of aliphatic hydroxyl groups excluding tert-OH is 1. The molecule has 21 heavy (non-hydrogen) atoms. The zero-order valence-corrected chi connectivity index (χ0v) is 14.5. The van der Waals surface area contributed by atoms with Crippen LogP contribution in [0.25, 0.3) is 0 Å². The SMILES string of the molecule is Cc1ccc(Br)c(NCC(O)COC2CCCCC2C)c1. The molecule has 0 heterocycles. The summed E-state index contributed by atoms with van der Waals surface area (Å²) in [5.74, 6) is 0.616. The molecule has 3 atom stereocenters. The van der Waals surface area contributed by atoms with Gasteiger partial charge in [-0.2, -0.15) is 0 Å². The van der Waals surface area contributed by atoms with E-state index >= 15 is 0 Å². The standard InChI is InChI=1S/C17H26BrNO2/c1-12-7-8-15(18)16(9-12)19-10-14(20)11-21-17-6-4-3-5-13(17)2/h7-9,13-14,17,19-20H,3-6,10-11H2,1-2H3. The summed E-state index contributed by atoms with van der Waals surface area (Å²) in [4.78, 5) is 0. The van der Waals surface area contributed by atoms with Crippen molar-refractivity contribution in [2.75, 3.05) is 18.5 Å². The van der Waals surface area contributed by atoms with Crippen molar-refractivity contribution in [3.63, 3.8) is 0 Å². The third-order valence-corrected chi connectivity index (χ3v) is 4.88. The molecule has 0 bridgehead atoms. The van der Waals surface area contributed by atoms with Crippen LogP contribution in [0.1, 0.15) is 38.2 Å². The van der Waals surface area contributed by atoms with Gasteiger partial charge < -0.3 is 15.2 Å². The first-order valence-electron chi connectivity index (χ1n) is 7.86. The molecule has 1 aliphatic rings. The van der Waals surface area contributed by atoms with Crippen LogP contribution in [0, 0.1) is 12.8 Å². The highest BCUT2D eigenvalue weighted by molar-refractivity contribution is 9.10. The summed E-state index contributed by atoms with van der Waals surface area (Å²) < 4.78 is 6.91. The Balaban J connectivity index is 1.74. The van der Waals surface area contributed by atoms with Crippen LogP contribution in [0.5, 0.6) is 0 Å². The maximum absolute atomic E-state index is 10.1. The molecule has 0 spiro atoms. The summed E-state index contributed by atoms with van der Waals surface area (Å²) in [7, 11) is 0. The first kappa shape index (κ1) is 16.8. The molecule has 3 unspecified atom stereocenters. The topological polar surface area (TPSA) is 41.5 Å². The van der Waals surface area contributed by atoms with E-state index in [2.05, 4.69) is 47.2 Å². The lowest BCUT2D eigenvalue weighted by molar-refractivity contribution is -0.0424. The van der Waals surface area contributed by atoms with Gasteiger partial charge in [0.2, 0.25) is 0 Å². The number of anilines is 1. The Morgan fingerprint density at radius 2 is 2.14 bits per heavy atom. The van der Waals surface area contributed by atoms with E-state index in [1.807, 2.05) is 6.07 Å². The van der Waals surface area contributed by atoms with Crippen LogP contribution < -0.4 is 5.32 Å². The van der Waals surface area contributed by atoms with Gasteiger partial charge in [0.05, 0.1) is 18.8 Å². The Morgan fingerprint density at radius 1 is 1.38 bits per heavy atom. The minimum atomic E-state index is -0.480. The van der Waals surface area contributed by atoms with Crippen LogP contribution in [0.3, 0.4) is 0 Å². The van der Waals surface area contributed by atoms with Gasteiger partial charge in [-0.15, -0.1) is 0 Å². The summed E-state index contributed by atoms with van der Waals surface area (Å²) in [6.45, 7) is 5.22. The van der Waals surface area contributed by atoms with Crippen LogP contribution >= 0.6 is 15.9 Å². The van der Waals surface area contributed by atoms with Gasteiger partial charge in [0, 0.05) is 16.7 Å². The second kappa shape index (κ2) is 8.16. The quantitative estimate of drug-likeness (QED) is 0.806. The molecule has 0 aromatic heterocycles. The van der Waals surface area contributed by atoms with Crippen molar-refractivity contribution in [3.8, 4) is 0 Å². The minimum Gasteiger partial charge on any atom is -0.389 e. The van der Waals surface area contributed by atoms with Crippen molar-refractivity contribution in [1.29, 1.82) is 0 Å². The second-order valence-electron chi connectivity index (χ2n) is 6.15. The van der Waals surface area contributed by atoms with E-state index < -0.39 is 6.10 Å². The van der Waals surface area contributed by atoms with Gasteiger partial charge in [-0.25, -0.2) is 0 Å². The smallest absolute Gasteiger partial charge is 0.0945 e. The first-order chi connectivity index (χ1) is 10.1. The van der Waals surface area contributed by atoms with E-state index in [-0.39, 0.29) is 0 Å². The third-order valence-electron chi connectivity index (χ3n) is 4.19. The van der Waals surface area contributed by atoms with Crippen molar-refractivity contribution >= 4 is 21.6 Å². The fourth-order valence-electron chi connectivity index (χ4n) is 2.83. The van der Waals surface area contributed by atoms with Gasteiger partial charge >= 0.3 is 0 Å².